The summed E-state index contributed by atoms with van der Waals surface area (Å²) in [6.45, 7) is 0.406. The number of hydrogen-bond donors (Lipinski definition) is 2. The molecule has 2 rings (SSSR count). The van der Waals surface area contributed by atoms with Crippen LogP contribution in [0.2, 0.25) is 5.02 Å². The first-order valence-electron chi connectivity index (χ1n) is 5.09. The average molecular weight is 257 g/mol. The summed E-state index contributed by atoms with van der Waals surface area (Å²) in [6.07, 6.45) is 0.255. The van der Waals surface area contributed by atoms with Crippen molar-refractivity contribution in [2.45, 2.75) is 12.5 Å². The van der Waals surface area contributed by atoms with Gasteiger partial charge in [-0.1, -0.05) is 11.6 Å². The molecular formula is C11H10ClFN2O2. The van der Waals surface area contributed by atoms with E-state index in [1.165, 1.54) is 12.1 Å². The average Bonchev–Trinajstić information content (AvgIpc) is 2.63. The van der Waals surface area contributed by atoms with Gasteiger partial charge in [-0.2, -0.15) is 0 Å². The van der Waals surface area contributed by atoms with Crippen molar-refractivity contribution in [2.75, 3.05) is 6.54 Å². The Balaban J connectivity index is 2.07. The van der Waals surface area contributed by atoms with Crippen LogP contribution in [-0.2, 0) is 4.79 Å². The van der Waals surface area contributed by atoms with Gasteiger partial charge in [0.1, 0.15) is 5.82 Å². The SMILES string of the molecule is O=C1C[C@@H](NC(=O)c2ccc(F)cc2Cl)CN1. The monoisotopic (exact) mass is 256 g/mol. The van der Waals surface area contributed by atoms with Gasteiger partial charge < -0.3 is 10.6 Å². The second-order valence-electron chi connectivity index (χ2n) is 3.80. The highest BCUT2D eigenvalue weighted by Crippen LogP contribution is 2.17. The van der Waals surface area contributed by atoms with Gasteiger partial charge in [0.2, 0.25) is 5.91 Å². The zero-order valence-electron chi connectivity index (χ0n) is 8.80. The molecule has 17 heavy (non-hydrogen) atoms. The van der Waals surface area contributed by atoms with Crippen LogP contribution in [0.1, 0.15) is 16.8 Å². The molecule has 0 spiro atoms. The van der Waals surface area contributed by atoms with Gasteiger partial charge in [-0.25, -0.2) is 4.39 Å². The lowest BCUT2D eigenvalue weighted by Gasteiger charge is -2.11. The van der Waals surface area contributed by atoms with Crippen LogP contribution in [0, 0.1) is 5.82 Å². The Kier molecular flexibility index (Phi) is 3.28. The Morgan fingerprint density at radius 1 is 1.53 bits per heavy atom. The standard InChI is InChI=1S/C11H10ClFN2O2/c12-9-3-6(13)1-2-8(9)11(17)15-7-4-10(16)14-5-7/h1-3,7H,4-5H2,(H,14,16)(H,15,17)/t7-/m1/s1. The van der Waals surface area contributed by atoms with E-state index in [1.807, 2.05) is 0 Å². The molecule has 0 unspecified atom stereocenters. The molecule has 0 aliphatic carbocycles. The summed E-state index contributed by atoms with van der Waals surface area (Å²) in [5.41, 5.74) is 0.201. The molecule has 4 nitrogen and oxygen atoms in total. The number of carbonyl (C=O) groups excluding carboxylic acids is 2. The molecule has 6 heteroatoms. The molecule has 0 bridgehead atoms. The zero-order valence-corrected chi connectivity index (χ0v) is 9.55. The fraction of sp³-hybridized carbons (Fsp3) is 0.273. The van der Waals surface area contributed by atoms with E-state index in [1.54, 1.807) is 0 Å². The summed E-state index contributed by atoms with van der Waals surface area (Å²) in [4.78, 5) is 22.7. The zero-order chi connectivity index (χ0) is 12.4. The second-order valence-corrected chi connectivity index (χ2v) is 4.21. The van der Waals surface area contributed by atoms with E-state index < -0.39 is 11.7 Å². The molecule has 0 saturated carbocycles. The molecule has 90 valence electrons. The topological polar surface area (TPSA) is 58.2 Å². The molecule has 1 aromatic rings. The summed E-state index contributed by atoms with van der Waals surface area (Å²) in [6, 6.07) is 3.32. The molecule has 0 radical (unpaired) electrons. The Morgan fingerprint density at radius 3 is 2.88 bits per heavy atom. The summed E-state index contributed by atoms with van der Waals surface area (Å²) < 4.78 is 12.8. The van der Waals surface area contributed by atoms with Gasteiger partial charge in [-0.15, -0.1) is 0 Å². The van der Waals surface area contributed by atoms with E-state index in [9.17, 15) is 14.0 Å². The van der Waals surface area contributed by atoms with E-state index in [-0.39, 0.29) is 29.0 Å². The normalized spacial score (nSPS) is 18.9. The molecule has 1 heterocycles. The van der Waals surface area contributed by atoms with Crippen molar-refractivity contribution >= 4 is 23.4 Å². The van der Waals surface area contributed by atoms with Crippen molar-refractivity contribution < 1.29 is 14.0 Å². The maximum atomic E-state index is 12.8. The number of nitrogens with one attached hydrogen (secondary N) is 2. The lowest BCUT2D eigenvalue weighted by molar-refractivity contribution is -0.119. The van der Waals surface area contributed by atoms with Gasteiger partial charge in [-0.05, 0) is 18.2 Å². The first-order valence-corrected chi connectivity index (χ1v) is 5.46. The number of halogens is 2. The largest absolute Gasteiger partial charge is 0.354 e. The fourth-order valence-corrected chi connectivity index (χ4v) is 1.90. The predicted molar refractivity (Wildman–Crippen MR) is 60.3 cm³/mol. The number of carbonyl (C=O) groups is 2. The van der Waals surface area contributed by atoms with Gasteiger partial charge in [-0.3, -0.25) is 9.59 Å². The van der Waals surface area contributed by atoms with Crippen LogP contribution < -0.4 is 10.6 Å². The van der Waals surface area contributed by atoms with E-state index in [0.29, 0.717) is 6.54 Å². The Labute approximate surface area is 102 Å². The van der Waals surface area contributed by atoms with Crippen molar-refractivity contribution in [3.63, 3.8) is 0 Å². The van der Waals surface area contributed by atoms with E-state index in [4.69, 9.17) is 11.6 Å². The highest BCUT2D eigenvalue weighted by molar-refractivity contribution is 6.33. The van der Waals surface area contributed by atoms with E-state index in [0.717, 1.165) is 6.07 Å². The van der Waals surface area contributed by atoms with Gasteiger partial charge in [0.15, 0.2) is 0 Å². The van der Waals surface area contributed by atoms with Gasteiger partial charge in [0.25, 0.3) is 5.91 Å². The van der Waals surface area contributed by atoms with Crippen LogP contribution in [0.15, 0.2) is 18.2 Å². The maximum absolute atomic E-state index is 12.8. The highest BCUT2D eigenvalue weighted by atomic mass is 35.5. The maximum Gasteiger partial charge on any atom is 0.253 e. The van der Waals surface area contributed by atoms with Crippen LogP contribution in [0.3, 0.4) is 0 Å². The van der Waals surface area contributed by atoms with Crippen LogP contribution in [0.4, 0.5) is 4.39 Å². The van der Waals surface area contributed by atoms with E-state index in [2.05, 4.69) is 10.6 Å². The molecule has 0 aromatic heterocycles. The second kappa shape index (κ2) is 4.71. The third-order valence-electron chi connectivity index (χ3n) is 2.49. The fourth-order valence-electron chi connectivity index (χ4n) is 1.64. The minimum atomic E-state index is -0.496. The third kappa shape index (κ3) is 2.74. The molecule has 1 saturated heterocycles. The van der Waals surface area contributed by atoms with Crippen molar-refractivity contribution in [3.8, 4) is 0 Å². The number of amides is 2. The smallest absolute Gasteiger partial charge is 0.253 e. The molecule has 1 aromatic carbocycles. The molecular weight excluding hydrogens is 247 g/mol. The third-order valence-corrected chi connectivity index (χ3v) is 2.80. The van der Waals surface area contributed by atoms with Crippen LogP contribution >= 0.6 is 11.6 Å². The van der Waals surface area contributed by atoms with Crippen molar-refractivity contribution in [3.05, 3.63) is 34.6 Å². The van der Waals surface area contributed by atoms with Gasteiger partial charge in [0, 0.05) is 13.0 Å². The van der Waals surface area contributed by atoms with Crippen molar-refractivity contribution in [1.82, 2.24) is 10.6 Å². The van der Waals surface area contributed by atoms with Gasteiger partial charge >= 0.3 is 0 Å². The van der Waals surface area contributed by atoms with Crippen molar-refractivity contribution in [1.29, 1.82) is 0 Å². The van der Waals surface area contributed by atoms with Crippen molar-refractivity contribution in [2.24, 2.45) is 0 Å². The Hall–Kier alpha value is -1.62. The quantitative estimate of drug-likeness (QED) is 0.832. The molecule has 2 N–H and O–H groups in total. The Morgan fingerprint density at radius 2 is 2.29 bits per heavy atom. The summed E-state index contributed by atoms with van der Waals surface area (Å²) >= 11 is 5.76. The summed E-state index contributed by atoms with van der Waals surface area (Å²) in [5.74, 6) is -0.999. The van der Waals surface area contributed by atoms with E-state index >= 15 is 0 Å². The lowest BCUT2D eigenvalue weighted by Crippen LogP contribution is -2.36. The lowest BCUT2D eigenvalue weighted by atomic mass is 10.2. The first kappa shape index (κ1) is 11.9. The minimum Gasteiger partial charge on any atom is -0.354 e. The predicted octanol–water partition coefficient (Wildman–Crippen LogP) is 1.10. The number of benzene rings is 1. The molecule has 1 fully saturated rings. The van der Waals surface area contributed by atoms with Crippen LogP contribution in [0.25, 0.3) is 0 Å². The van der Waals surface area contributed by atoms with Crippen LogP contribution in [0.5, 0.6) is 0 Å². The van der Waals surface area contributed by atoms with Gasteiger partial charge in [0.05, 0.1) is 16.6 Å². The number of hydrogen-bond acceptors (Lipinski definition) is 2. The molecule has 2 amide bonds. The summed E-state index contributed by atoms with van der Waals surface area (Å²) in [7, 11) is 0. The highest BCUT2D eigenvalue weighted by Gasteiger charge is 2.24. The van der Waals surface area contributed by atoms with Crippen LogP contribution in [-0.4, -0.2) is 24.4 Å². The minimum absolute atomic E-state index is 0.0554. The number of rotatable bonds is 2. The molecule has 1 aliphatic heterocycles. The Bertz CT molecular complexity index is 479. The molecule has 1 aliphatic rings. The first-order chi connectivity index (χ1) is 8.06. The summed E-state index contributed by atoms with van der Waals surface area (Å²) in [5, 5.41) is 5.32. The molecule has 1 atom stereocenters.